The quantitative estimate of drug-likeness (QED) is 0.0222. The van der Waals surface area contributed by atoms with Crippen molar-refractivity contribution in [2.24, 2.45) is 11.8 Å². The van der Waals surface area contributed by atoms with Gasteiger partial charge in [-0.05, 0) is 37.5 Å². The monoisotopic (exact) mass is 1250 g/mol. The van der Waals surface area contributed by atoms with E-state index in [0.717, 1.165) is 108 Å². The Hall–Kier alpha value is -1.94. The summed E-state index contributed by atoms with van der Waals surface area (Å²) in [5, 5.41) is 10.5. The van der Waals surface area contributed by atoms with Crippen LogP contribution in [-0.2, 0) is 65.4 Å². The number of carbonyl (C=O) groups is 4. The van der Waals surface area contributed by atoms with Gasteiger partial charge in [0.2, 0.25) is 0 Å². The first-order valence-corrected chi connectivity index (χ1v) is 37.5. The van der Waals surface area contributed by atoms with E-state index in [-0.39, 0.29) is 25.7 Å². The molecule has 3 unspecified atom stereocenters. The van der Waals surface area contributed by atoms with Crippen LogP contribution in [0.5, 0.6) is 0 Å². The van der Waals surface area contributed by atoms with E-state index in [9.17, 15) is 43.2 Å². The van der Waals surface area contributed by atoms with Gasteiger partial charge >= 0.3 is 39.5 Å². The number of unbranched alkanes of at least 4 members (excludes halogenated alkanes) is 34. The number of phosphoric ester groups is 2. The molecule has 0 aliphatic heterocycles. The normalized spacial score (nSPS) is 14.6. The van der Waals surface area contributed by atoms with Crippen LogP contribution in [0.4, 0.5) is 0 Å². The molecule has 0 saturated carbocycles. The molecule has 0 heterocycles. The highest BCUT2D eigenvalue weighted by Crippen LogP contribution is 2.45. The van der Waals surface area contributed by atoms with Crippen molar-refractivity contribution >= 4 is 39.5 Å². The van der Waals surface area contributed by atoms with Crippen molar-refractivity contribution in [2.75, 3.05) is 39.6 Å². The van der Waals surface area contributed by atoms with Crippen LogP contribution in [0.1, 0.15) is 330 Å². The Morgan fingerprint density at radius 2 is 0.600 bits per heavy atom. The fourth-order valence-electron chi connectivity index (χ4n) is 9.85. The average molecular weight is 1260 g/mol. The van der Waals surface area contributed by atoms with Crippen molar-refractivity contribution in [1.82, 2.24) is 0 Å². The smallest absolute Gasteiger partial charge is 0.462 e. The van der Waals surface area contributed by atoms with Gasteiger partial charge in [-0.1, -0.05) is 279 Å². The molecule has 504 valence electrons. The van der Waals surface area contributed by atoms with Crippen LogP contribution in [0.25, 0.3) is 0 Å². The molecule has 0 aromatic carbocycles. The fraction of sp³-hybridized carbons (Fsp3) is 0.939. The van der Waals surface area contributed by atoms with Crippen LogP contribution in [0.15, 0.2) is 0 Å². The number of hydrogen-bond acceptors (Lipinski definition) is 15. The highest BCUT2D eigenvalue weighted by Gasteiger charge is 2.30. The molecule has 0 spiro atoms. The number of carbonyl (C=O) groups excluding carboxylic acids is 4. The van der Waals surface area contributed by atoms with Crippen LogP contribution in [0.3, 0.4) is 0 Å². The molecule has 0 rings (SSSR count). The second-order valence-corrected chi connectivity index (χ2v) is 27.5. The molecule has 0 fully saturated rings. The summed E-state index contributed by atoms with van der Waals surface area (Å²) in [7, 11) is -9.89. The zero-order valence-electron chi connectivity index (χ0n) is 54.9. The topological polar surface area (TPSA) is 237 Å². The van der Waals surface area contributed by atoms with Gasteiger partial charge in [0, 0.05) is 25.7 Å². The Balaban J connectivity index is 5.23. The zero-order valence-corrected chi connectivity index (χ0v) is 56.7. The van der Waals surface area contributed by atoms with Gasteiger partial charge in [0.05, 0.1) is 26.4 Å². The van der Waals surface area contributed by atoms with Crippen LogP contribution in [0, 0.1) is 11.8 Å². The number of hydrogen-bond donors (Lipinski definition) is 3. The number of esters is 4. The molecule has 0 saturated heterocycles. The van der Waals surface area contributed by atoms with E-state index < -0.39 is 97.5 Å². The summed E-state index contributed by atoms with van der Waals surface area (Å²) < 4.78 is 68.0. The Labute approximate surface area is 517 Å². The minimum atomic E-state index is -4.95. The Morgan fingerprint density at radius 3 is 0.894 bits per heavy atom. The van der Waals surface area contributed by atoms with E-state index in [4.69, 9.17) is 37.0 Å². The molecular weight excluding hydrogens is 1130 g/mol. The highest BCUT2D eigenvalue weighted by molar-refractivity contribution is 7.47. The van der Waals surface area contributed by atoms with Crippen molar-refractivity contribution in [3.05, 3.63) is 0 Å². The number of rotatable bonds is 65. The molecule has 17 nitrogen and oxygen atoms in total. The van der Waals surface area contributed by atoms with Crippen LogP contribution in [0.2, 0.25) is 0 Å². The molecule has 6 atom stereocenters. The predicted octanol–water partition coefficient (Wildman–Crippen LogP) is 18.4. The van der Waals surface area contributed by atoms with Gasteiger partial charge in [-0.15, -0.1) is 0 Å². The number of ether oxygens (including phenoxy) is 4. The van der Waals surface area contributed by atoms with Crippen molar-refractivity contribution in [3.63, 3.8) is 0 Å². The largest absolute Gasteiger partial charge is 0.472 e. The molecule has 19 heteroatoms. The minimum absolute atomic E-state index is 0.106. The summed E-state index contributed by atoms with van der Waals surface area (Å²) in [4.78, 5) is 72.2. The summed E-state index contributed by atoms with van der Waals surface area (Å²) in [6.07, 6.45) is 41.6. The second kappa shape index (κ2) is 58.4. The number of aliphatic hydroxyl groups is 1. The third-order valence-corrected chi connectivity index (χ3v) is 17.5. The predicted molar refractivity (Wildman–Crippen MR) is 340 cm³/mol. The first kappa shape index (κ1) is 83.1. The van der Waals surface area contributed by atoms with E-state index in [1.54, 1.807) is 0 Å². The first-order valence-electron chi connectivity index (χ1n) is 34.5. The van der Waals surface area contributed by atoms with Crippen molar-refractivity contribution in [3.8, 4) is 0 Å². The summed E-state index contributed by atoms with van der Waals surface area (Å²) in [5.74, 6) is -0.578. The van der Waals surface area contributed by atoms with E-state index in [0.29, 0.717) is 25.7 Å². The molecule has 85 heavy (non-hydrogen) atoms. The number of aliphatic hydroxyl groups excluding tert-OH is 1. The third-order valence-electron chi connectivity index (χ3n) is 15.6. The summed E-state index contributed by atoms with van der Waals surface area (Å²) in [6, 6.07) is 0. The van der Waals surface area contributed by atoms with Crippen molar-refractivity contribution < 1.29 is 80.2 Å². The van der Waals surface area contributed by atoms with E-state index in [2.05, 4.69) is 41.5 Å². The van der Waals surface area contributed by atoms with Crippen LogP contribution >= 0.6 is 15.6 Å². The van der Waals surface area contributed by atoms with Crippen LogP contribution < -0.4 is 0 Å². The minimum Gasteiger partial charge on any atom is -0.462 e. The molecular formula is C66H128O17P2. The lowest BCUT2D eigenvalue weighted by Gasteiger charge is -2.21. The molecule has 0 aliphatic rings. The van der Waals surface area contributed by atoms with Gasteiger partial charge < -0.3 is 33.8 Å². The van der Waals surface area contributed by atoms with Crippen LogP contribution in [-0.4, -0.2) is 96.7 Å². The van der Waals surface area contributed by atoms with Gasteiger partial charge in [-0.2, -0.15) is 0 Å². The maximum atomic E-state index is 13.0. The van der Waals surface area contributed by atoms with Gasteiger partial charge in [0.15, 0.2) is 12.2 Å². The summed E-state index contributed by atoms with van der Waals surface area (Å²) in [5.41, 5.74) is 0. The maximum absolute atomic E-state index is 13.0. The molecule has 0 aromatic rings. The molecule has 0 bridgehead atoms. The standard InChI is InChI=1S/C66H128O17P2/c1-7-10-12-14-16-18-24-32-38-44-50-65(70)82-61(54-76-63(68)48-42-36-30-17-15-13-11-8-2)56-80-84(72,73)78-52-60(67)53-79-85(74,75)81-57-62(55-77-64(69)49-43-37-31-27-26-29-35-41-47-59(6)9-3)83-66(71)51-45-39-33-25-22-20-19-21-23-28-34-40-46-58(4)5/h58-62,67H,7-57H2,1-6H3,(H,72,73)(H,74,75)/t59?,60-,61+,62+/m0/s1. The van der Waals surface area contributed by atoms with Gasteiger partial charge in [-0.3, -0.25) is 37.3 Å². The summed E-state index contributed by atoms with van der Waals surface area (Å²) >= 11 is 0. The summed E-state index contributed by atoms with van der Waals surface area (Å²) in [6.45, 7) is 9.49. The highest BCUT2D eigenvalue weighted by atomic mass is 31.2. The molecule has 0 aliphatic carbocycles. The zero-order chi connectivity index (χ0) is 62.9. The molecule has 0 radical (unpaired) electrons. The Bertz CT molecular complexity index is 1670. The lowest BCUT2D eigenvalue weighted by atomic mass is 9.99. The fourth-order valence-corrected chi connectivity index (χ4v) is 11.4. The average Bonchev–Trinajstić information content (AvgIpc) is 3.54. The maximum Gasteiger partial charge on any atom is 0.472 e. The second-order valence-electron chi connectivity index (χ2n) is 24.6. The van der Waals surface area contributed by atoms with Crippen molar-refractivity contribution in [2.45, 2.75) is 349 Å². The first-order chi connectivity index (χ1) is 40.9. The molecule has 3 N–H and O–H groups in total. The van der Waals surface area contributed by atoms with Gasteiger partial charge in [0.1, 0.15) is 19.3 Å². The lowest BCUT2D eigenvalue weighted by Crippen LogP contribution is -2.30. The molecule has 0 amide bonds. The third kappa shape index (κ3) is 59.5. The Kier molecular flexibility index (Phi) is 57.1. The van der Waals surface area contributed by atoms with E-state index in [1.807, 2.05) is 0 Å². The van der Waals surface area contributed by atoms with E-state index in [1.165, 1.54) is 141 Å². The number of phosphoric acid groups is 2. The SMILES string of the molecule is CCCCCCCCCCCCC(=O)O[C@H](COC(=O)CCCCCCCCCC)COP(=O)(O)OC[C@H](O)COP(=O)(O)OC[C@@H](COC(=O)CCCCCCCCCCC(C)CC)OC(=O)CCCCCCCCCCCCCCC(C)C. The van der Waals surface area contributed by atoms with Crippen molar-refractivity contribution in [1.29, 1.82) is 0 Å². The van der Waals surface area contributed by atoms with Gasteiger partial charge in [0.25, 0.3) is 0 Å². The van der Waals surface area contributed by atoms with Gasteiger partial charge in [-0.25, -0.2) is 9.13 Å². The lowest BCUT2D eigenvalue weighted by molar-refractivity contribution is -0.161. The molecule has 0 aromatic heterocycles. The Morgan fingerprint density at radius 1 is 0.341 bits per heavy atom. The van der Waals surface area contributed by atoms with E-state index >= 15 is 0 Å².